The standard InChI is InChI=1S/C47H89NO11S/c1-3-5-7-9-11-13-15-17-18-19-20-21-22-23-25-26-28-30-32-34-36-41(50)40(39-57-47-45(53)46(59-60(54,55)56)44(52)42(38-49)58-47)48-43(51)37-35-33-31-29-27-24-16-14-12-10-8-6-4-2/h24,27,31,33,40-42,44-47,49-50,52-53H,3-23,25-26,28-30,32,34-39H2,1-2H3,(H,48,51)(H,54,55,56)/b27-24-,33-31-. The maximum Gasteiger partial charge on any atom is 0.397 e. The molecule has 13 heteroatoms. The number of amides is 1. The number of nitrogens with one attached hydrogen (secondary N) is 1. The summed E-state index contributed by atoms with van der Waals surface area (Å²) in [5.74, 6) is -0.296. The molecule has 1 fully saturated rings. The molecule has 1 rings (SSSR count). The van der Waals surface area contributed by atoms with E-state index in [1.807, 2.05) is 12.2 Å². The average molecular weight is 876 g/mol. The number of aliphatic hydroxyl groups is 4. The molecule has 6 N–H and O–H groups in total. The molecule has 7 unspecified atom stereocenters. The highest BCUT2D eigenvalue weighted by Crippen LogP contribution is 2.26. The SMILES string of the molecule is CCCCCCCC/C=C\C/C=C\CCC(=O)NC(COC1OC(CO)C(O)C(OS(=O)(=O)O)C1O)C(O)CCCCCCCCCCCCCCCCCCCCCC. The molecule has 0 aliphatic carbocycles. The number of hydrogen-bond donors (Lipinski definition) is 6. The van der Waals surface area contributed by atoms with E-state index in [4.69, 9.17) is 9.47 Å². The molecule has 0 aromatic carbocycles. The van der Waals surface area contributed by atoms with E-state index in [9.17, 15) is 38.2 Å². The second kappa shape index (κ2) is 38.1. The lowest BCUT2D eigenvalue weighted by Crippen LogP contribution is -2.61. The molecule has 1 amide bonds. The van der Waals surface area contributed by atoms with Crippen molar-refractivity contribution in [1.82, 2.24) is 5.32 Å². The number of carbonyl (C=O) groups is 1. The lowest BCUT2D eigenvalue weighted by molar-refractivity contribution is -0.298. The third-order valence-corrected chi connectivity index (χ3v) is 12.0. The van der Waals surface area contributed by atoms with Crippen LogP contribution in [0.5, 0.6) is 0 Å². The Kier molecular flexibility index (Phi) is 35.9. The minimum absolute atomic E-state index is 0.187. The van der Waals surface area contributed by atoms with Crippen molar-refractivity contribution in [1.29, 1.82) is 0 Å². The molecular formula is C47H89NO11S. The monoisotopic (exact) mass is 876 g/mol. The van der Waals surface area contributed by atoms with Crippen LogP contribution < -0.4 is 5.32 Å². The van der Waals surface area contributed by atoms with Gasteiger partial charge in [0, 0.05) is 6.42 Å². The summed E-state index contributed by atoms with van der Waals surface area (Å²) in [7, 11) is -5.08. The molecule has 0 spiro atoms. The first kappa shape index (κ1) is 56.6. The van der Waals surface area contributed by atoms with Crippen molar-refractivity contribution < 1.29 is 51.8 Å². The smallest absolute Gasteiger partial charge is 0.394 e. The van der Waals surface area contributed by atoms with Gasteiger partial charge in [-0.2, -0.15) is 8.42 Å². The molecule has 1 heterocycles. The number of unbranched alkanes of at least 4 members (excludes halogenated alkanes) is 25. The summed E-state index contributed by atoms with van der Waals surface area (Å²) < 4.78 is 47.6. The van der Waals surface area contributed by atoms with E-state index >= 15 is 0 Å². The van der Waals surface area contributed by atoms with E-state index in [1.165, 1.54) is 141 Å². The van der Waals surface area contributed by atoms with Crippen molar-refractivity contribution in [3.63, 3.8) is 0 Å². The van der Waals surface area contributed by atoms with Crippen LogP contribution in [0.25, 0.3) is 0 Å². The summed E-state index contributed by atoms with van der Waals surface area (Å²) in [4.78, 5) is 13.0. The lowest BCUT2D eigenvalue weighted by Gasteiger charge is -2.41. The number of aliphatic hydroxyl groups excluding tert-OH is 4. The Bertz CT molecular complexity index is 1170. The normalized spacial score (nSPS) is 20.9. The molecule has 12 nitrogen and oxygen atoms in total. The van der Waals surface area contributed by atoms with Crippen LogP contribution in [0.15, 0.2) is 24.3 Å². The molecule has 354 valence electrons. The maximum atomic E-state index is 13.0. The van der Waals surface area contributed by atoms with E-state index in [0.717, 1.165) is 38.5 Å². The number of rotatable bonds is 41. The molecule has 1 saturated heterocycles. The minimum atomic E-state index is -5.08. The van der Waals surface area contributed by atoms with Gasteiger partial charge in [-0.15, -0.1) is 0 Å². The van der Waals surface area contributed by atoms with Gasteiger partial charge in [-0.25, -0.2) is 4.18 Å². The van der Waals surface area contributed by atoms with Crippen LogP contribution in [-0.4, -0.2) is 95.4 Å². The molecular weight excluding hydrogens is 787 g/mol. The summed E-state index contributed by atoms with van der Waals surface area (Å²) >= 11 is 0. The Morgan fingerprint density at radius 2 is 1.12 bits per heavy atom. The van der Waals surface area contributed by atoms with Gasteiger partial charge in [-0.3, -0.25) is 9.35 Å². The highest BCUT2D eigenvalue weighted by atomic mass is 32.3. The number of ether oxygens (including phenoxy) is 2. The second-order valence-electron chi connectivity index (χ2n) is 17.0. The fraction of sp³-hybridized carbons (Fsp3) is 0.894. The number of hydrogen-bond acceptors (Lipinski definition) is 10. The van der Waals surface area contributed by atoms with E-state index in [0.29, 0.717) is 12.8 Å². The van der Waals surface area contributed by atoms with Crippen molar-refractivity contribution in [2.24, 2.45) is 0 Å². The fourth-order valence-corrected chi connectivity index (χ4v) is 8.25. The minimum Gasteiger partial charge on any atom is -0.394 e. The van der Waals surface area contributed by atoms with E-state index in [1.54, 1.807) is 0 Å². The van der Waals surface area contributed by atoms with Gasteiger partial charge < -0.3 is 35.2 Å². The third kappa shape index (κ3) is 30.6. The van der Waals surface area contributed by atoms with Gasteiger partial charge in [-0.05, 0) is 32.1 Å². The average Bonchev–Trinajstić information content (AvgIpc) is 3.22. The Morgan fingerprint density at radius 3 is 1.58 bits per heavy atom. The third-order valence-electron chi connectivity index (χ3n) is 11.5. The number of carbonyl (C=O) groups excluding carboxylic acids is 1. The van der Waals surface area contributed by atoms with Gasteiger partial charge >= 0.3 is 10.4 Å². The summed E-state index contributed by atoms with van der Waals surface area (Å²) in [6, 6.07) is -0.886. The Morgan fingerprint density at radius 1 is 0.667 bits per heavy atom. The van der Waals surface area contributed by atoms with Gasteiger partial charge in [0.25, 0.3) is 0 Å². The first-order chi connectivity index (χ1) is 29.0. The Labute approximate surface area is 365 Å². The highest BCUT2D eigenvalue weighted by molar-refractivity contribution is 7.80. The lowest BCUT2D eigenvalue weighted by atomic mass is 9.99. The maximum absolute atomic E-state index is 13.0. The van der Waals surface area contributed by atoms with Crippen LogP contribution in [0.3, 0.4) is 0 Å². The first-order valence-corrected chi connectivity index (χ1v) is 25.6. The summed E-state index contributed by atoms with van der Waals surface area (Å²) in [6.07, 6.45) is 34.8. The fourth-order valence-electron chi connectivity index (χ4n) is 7.74. The van der Waals surface area contributed by atoms with Gasteiger partial charge in [0.05, 0.1) is 25.4 Å². The largest absolute Gasteiger partial charge is 0.397 e. The van der Waals surface area contributed by atoms with Crippen LogP contribution in [0.2, 0.25) is 0 Å². The van der Waals surface area contributed by atoms with Crippen molar-refractivity contribution in [3.05, 3.63) is 24.3 Å². The van der Waals surface area contributed by atoms with Gasteiger partial charge in [0.2, 0.25) is 5.91 Å². The molecule has 1 aliphatic heterocycles. The molecule has 0 radical (unpaired) electrons. The van der Waals surface area contributed by atoms with Crippen LogP contribution >= 0.6 is 0 Å². The molecule has 60 heavy (non-hydrogen) atoms. The van der Waals surface area contributed by atoms with E-state index in [-0.39, 0.29) is 18.9 Å². The van der Waals surface area contributed by atoms with Crippen LogP contribution in [0, 0.1) is 0 Å². The zero-order chi connectivity index (χ0) is 44.1. The van der Waals surface area contributed by atoms with Crippen LogP contribution in [-0.2, 0) is 28.9 Å². The van der Waals surface area contributed by atoms with E-state index < -0.39 is 59.9 Å². The summed E-state index contributed by atoms with van der Waals surface area (Å²) in [6.45, 7) is 3.41. The zero-order valence-corrected chi connectivity index (χ0v) is 38.6. The van der Waals surface area contributed by atoms with Crippen molar-refractivity contribution >= 4 is 16.3 Å². The second-order valence-corrected chi connectivity index (χ2v) is 18.1. The quantitative estimate of drug-likeness (QED) is 0.0195. The molecule has 0 aromatic rings. The predicted octanol–water partition coefficient (Wildman–Crippen LogP) is 9.72. The zero-order valence-electron chi connectivity index (χ0n) is 37.8. The van der Waals surface area contributed by atoms with Crippen molar-refractivity contribution in [2.75, 3.05) is 13.2 Å². The predicted molar refractivity (Wildman–Crippen MR) is 241 cm³/mol. The van der Waals surface area contributed by atoms with Gasteiger partial charge in [0.1, 0.15) is 24.4 Å². The van der Waals surface area contributed by atoms with Gasteiger partial charge in [-0.1, -0.05) is 199 Å². The summed E-state index contributed by atoms with van der Waals surface area (Å²) in [5.41, 5.74) is 0. The topological polar surface area (TPSA) is 192 Å². The molecule has 1 aliphatic rings. The highest BCUT2D eigenvalue weighted by Gasteiger charge is 2.48. The Balaban J connectivity index is 2.48. The van der Waals surface area contributed by atoms with Gasteiger partial charge in [0.15, 0.2) is 6.29 Å². The number of allylic oxidation sites excluding steroid dienone is 4. The molecule has 0 aromatic heterocycles. The molecule has 0 bridgehead atoms. The molecule has 7 atom stereocenters. The van der Waals surface area contributed by atoms with Crippen LogP contribution in [0.1, 0.15) is 213 Å². The molecule has 0 saturated carbocycles. The van der Waals surface area contributed by atoms with Crippen LogP contribution in [0.4, 0.5) is 0 Å². The van der Waals surface area contributed by atoms with Crippen molar-refractivity contribution in [3.8, 4) is 0 Å². The van der Waals surface area contributed by atoms with E-state index in [2.05, 4.69) is 35.5 Å². The Hall–Kier alpha value is -1.42. The first-order valence-electron chi connectivity index (χ1n) is 24.2. The van der Waals surface area contributed by atoms with Crippen molar-refractivity contribution in [2.45, 2.75) is 256 Å². The summed E-state index contributed by atoms with van der Waals surface area (Å²) in [5, 5.41) is 44.8.